The predicted molar refractivity (Wildman–Crippen MR) is 88.0 cm³/mol. The molecule has 0 atom stereocenters. The summed E-state index contributed by atoms with van der Waals surface area (Å²) < 4.78 is 36.2. The van der Waals surface area contributed by atoms with Crippen LogP contribution in [0.3, 0.4) is 0 Å². The number of halogens is 1. The smallest absolute Gasteiger partial charge is 0.208 e. The Morgan fingerprint density at radius 2 is 2.09 bits per heavy atom. The van der Waals surface area contributed by atoms with Crippen LogP contribution in [0.2, 0.25) is 5.02 Å². The molecule has 0 amide bonds. The van der Waals surface area contributed by atoms with Crippen LogP contribution >= 0.6 is 11.6 Å². The monoisotopic (exact) mass is 360 g/mol. The Morgan fingerprint density at radius 1 is 1.35 bits per heavy atom. The van der Waals surface area contributed by atoms with E-state index in [4.69, 9.17) is 21.1 Å². The Morgan fingerprint density at radius 3 is 2.78 bits per heavy atom. The number of nitrogens with one attached hydrogen (secondary N) is 1. The fourth-order valence-electron chi connectivity index (χ4n) is 3.13. The van der Waals surface area contributed by atoms with Gasteiger partial charge in [0, 0.05) is 41.8 Å². The first-order chi connectivity index (χ1) is 10.9. The standard InChI is InChI=1S/C15H21ClN2O4S/c1-23(19,20)17-14-2-4-18(5-3-14)8-11-6-13(16)7-12-9-21-10-22-15(11)12/h6-7,14,17H,2-5,8-10H2,1H3. The van der Waals surface area contributed by atoms with Gasteiger partial charge in [-0.3, -0.25) is 4.90 Å². The van der Waals surface area contributed by atoms with Crippen LogP contribution in [0.1, 0.15) is 24.0 Å². The van der Waals surface area contributed by atoms with E-state index in [2.05, 4.69) is 9.62 Å². The molecule has 0 radical (unpaired) electrons. The van der Waals surface area contributed by atoms with Crippen molar-refractivity contribution >= 4 is 21.6 Å². The maximum absolute atomic E-state index is 11.3. The molecule has 23 heavy (non-hydrogen) atoms. The average molecular weight is 361 g/mol. The SMILES string of the molecule is CS(=O)(=O)NC1CCN(Cc2cc(Cl)cc3c2OCOC3)CC1. The number of nitrogens with zero attached hydrogens (tertiary/aromatic N) is 1. The summed E-state index contributed by atoms with van der Waals surface area (Å²) in [6, 6.07) is 3.84. The van der Waals surface area contributed by atoms with Gasteiger partial charge in [0.15, 0.2) is 6.79 Å². The summed E-state index contributed by atoms with van der Waals surface area (Å²) in [6.07, 6.45) is 2.82. The number of benzene rings is 1. The number of likely N-dealkylation sites (tertiary alicyclic amines) is 1. The van der Waals surface area contributed by atoms with E-state index in [9.17, 15) is 8.42 Å². The van der Waals surface area contributed by atoms with E-state index in [-0.39, 0.29) is 12.8 Å². The van der Waals surface area contributed by atoms with Crippen molar-refractivity contribution in [3.8, 4) is 5.75 Å². The Kier molecular flexibility index (Phi) is 5.13. The molecule has 1 aromatic rings. The van der Waals surface area contributed by atoms with E-state index in [1.54, 1.807) is 0 Å². The van der Waals surface area contributed by atoms with Gasteiger partial charge in [-0.05, 0) is 25.0 Å². The van der Waals surface area contributed by atoms with Crippen molar-refractivity contribution in [3.63, 3.8) is 0 Å². The lowest BCUT2D eigenvalue weighted by Gasteiger charge is -2.32. The molecule has 1 aromatic carbocycles. The fraction of sp³-hybridized carbons (Fsp3) is 0.600. The number of piperidine rings is 1. The molecule has 8 heteroatoms. The molecule has 0 aromatic heterocycles. The maximum atomic E-state index is 11.3. The lowest BCUT2D eigenvalue weighted by atomic mass is 10.0. The third-order valence-corrected chi connectivity index (χ3v) is 5.09. The summed E-state index contributed by atoms with van der Waals surface area (Å²) in [4.78, 5) is 2.30. The minimum atomic E-state index is -3.14. The van der Waals surface area contributed by atoms with Gasteiger partial charge in [0.25, 0.3) is 0 Å². The van der Waals surface area contributed by atoms with Crippen molar-refractivity contribution < 1.29 is 17.9 Å². The molecule has 2 aliphatic heterocycles. The van der Waals surface area contributed by atoms with Crippen LogP contribution in [-0.4, -0.2) is 45.5 Å². The van der Waals surface area contributed by atoms with Crippen molar-refractivity contribution in [2.24, 2.45) is 0 Å². The highest BCUT2D eigenvalue weighted by atomic mass is 35.5. The zero-order valence-electron chi connectivity index (χ0n) is 13.0. The molecule has 6 nitrogen and oxygen atoms in total. The van der Waals surface area contributed by atoms with Crippen LogP contribution in [-0.2, 0) is 27.9 Å². The predicted octanol–water partition coefficient (Wildman–Crippen LogP) is 1.72. The Labute approximate surface area is 141 Å². The van der Waals surface area contributed by atoms with E-state index >= 15 is 0 Å². The van der Waals surface area contributed by atoms with Crippen molar-refractivity contribution in [3.05, 3.63) is 28.3 Å². The number of hydrogen-bond acceptors (Lipinski definition) is 5. The van der Waals surface area contributed by atoms with Crippen LogP contribution in [0.25, 0.3) is 0 Å². The third-order valence-electron chi connectivity index (χ3n) is 4.11. The first kappa shape index (κ1) is 17.0. The quantitative estimate of drug-likeness (QED) is 0.885. The maximum Gasteiger partial charge on any atom is 0.208 e. The minimum absolute atomic E-state index is 0.0270. The molecule has 3 rings (SSSR count). The molecule has 0 unspecified atom stereocenters. The third kappa shape index (κ3) is 4.58. The molecular formula is C15H21ClN2O4S. The van der Waals surface area contributed by atoms with E-state index in [0.717, 1.165) is 49.4 Å². The minimum Gasteiger partial charge on any atom is -0.467 e. The van der Waals surface area contributed by atoms with Crippen LogP contribution < -0.4 is 9.46 Å². The van der Waals surface area contributed by atoms with Crippen LogP contribution in [0, 0.1) is 0 Å². The van der Waals surface area contributed by atoms with Crippen LogP contribution in [0.5, 0.6) is 5.75 Å². The fourth-order valence-corrected chi connectivity index (χ4v) is 4.23. The van der Waals surface area contributed by atoms with Gasteiger partial charge in [-0.2, -0.15) is 0 Å². The van der Waals surface area contributed by atoms with Gasteiger partial charge in [-0.25, -0.2) is 13.1 Å². The number of hydrogen-bond donors (Lipinski definition) is 1. The molecule has 1 N–H and O–H groups in total. The van der Waals surface area contributed by atoms with E-state index in [1.165, 1.54) is 6.26 Å². The molecule has 128 valence electrons. The summed E-state index contributed by atoms with van der Waals surface area (Å²) in [5, 5.41) is 0.682. The Hall–Kier alpha value is -0.860. The second kappa shape index (κ2) is 6.94. The molecule has 1 fully saturated rings. The molecule has 0 spiro atoms. The lowest BCUT2D eigenvalue weighted by molar-refractivity contribution is -0.0175. The van der Waals surface area contributed by atoms with Crippen molar-refractivity contribution in [1.82, 2.24) is 9.62 Å². The summed E-state index contributed by atoms with van der Waals surface area (Å²) >= 11 is 6.19. The van der Waals surface area contributed by atoms with E-state index in [0.29, 0.717) is 11.6 Å². The van der Waals surface area contributed by atoms with Crippen LogP contribution in [0.4, 0.5) is 0 Å². The van der Waals surface area contributed by atoms with Gasteiger partial charge >= 0.3 is 0 Å². The van der Waals surface area contributed by atoms with Gasteiger partial charge in [-0.15, -0.1) is 0 Å². The number of sulfonamides is 1. The van der Waals surface area contributed by atoms with Crippen molar-refractivity contribution in [1.29, 1.82) is 0 Å². The number of rotatable bonds is 4. The summed E-state index contributed by atoms with van der Waals surface area (Å²) in [5.74, 6) is 0.872. The molecule has 0 aliphatic carbocycles. The highest BCUT2D eigenvalue weighted by molar-refractivity contribution is 7.88. The van der Waals surface area contributed by atoms with Gasteiger partial charge in [0.2, 0.25) is 10.0 Å². The van der Waals surface area contributed by atoms with Gasteiger partial charge in [0.1, 0.15) is 5.75 Å². The van der Waals surface area contributed by atoms with Gasteiger partial charge in [0.05, 0.1) is 12.9 Å². The van der Waals surface area contributed by atoms with Gasteiger partial charge in [-0.1, -0.05) is 11.6 Å². The molecule has 0 bridgehead atoms. The average Bonchev–Trinajstić information content (AvgIpc) is 2.47. The molecule has 2 aliphatic rings. The molecular weight excluding hydrogens is 340 g/mol. The number of ether oxygens (including phenoxy) is 2. The normalized spacial score (nSPS) is 20.1. The molecule has 0 saturated carbocycles. The summed E-state index contributed by atoms with van der Waals surface area (Å²) in [7, 11) is -3.14. The topological polar surface area (TPSA) is 67.9 Å². The van der Waals surface area contributed by atoms with E-state index in [1.807, 2.05) is 12.1 Å². The first-order valence-electron chi connectivity index (χ1n) is 7.62. The highest BCUT2D eigenvalue weighted by Crippen LogP contribution is 2.32. The summed E-state index contributed by atoms with van der Waals surface area (Å²) in [6.45, 7) is 3.20. The van der Waals surface area contributed by atoms with E-state index < -0.39 is 10.0 Å². The largest absolute Gasteiger partial charge is 0.467 e. The van der Waals surface area contributed by atoms with Crippen LogP contribution in [0.15, 0.2) is 12.1 Å². The second-order valence-electron chi connectivity index (χ2n) is 6.10. The van der Waals surface area contributed by atoms with Crippen molar-refractivity contribution in [2.45, 2.75) is 32.0 Å². The Balaban J connectivity index is 1.64. The first-order valence-corrected chi connectivity index (χ1v) is 9.89. The molecule has 1 saturated heterocycles. The lowest BCUT2D eigenvalue weighted by Crippen LogP contribution is -2.44. The zero-order valence-corrected chi connectivity index (χ0v) is 14.6. The zero-order chi connectivity index (χ0) is 16.4. The summed E-state index contributed by atoms with van der Waals surface area (Å²) in [5.41, 5.74) is 2.04. The number of fused-ring (bicyclic) bond motifs is 1. The Bertz CT molecular complexity index is 672. The van der Waals surface area contributed by atoms with Crippen molar-refractivity contribution in [2.75, 3.05) is 26.1 Å². The highest BCUT2D eigenvalue weighted by Gasteiger charge is 2.24. The molecule has 2 heterocycles. The second-order valence-corrected chi connectivity index (χ2v) is 8.32. The van der Waals surface area contributed by atoms with Gasteiger partial charge < -0.3 is 9.47 Å².